The van der Waals surface area contributed by atoms with E-state index in [1.165, 1.54) is 0 Å². The van der Waals surface area contributed by atoms with Gasteiger partial charge in [0.25, 0.3) is 0 Å². The fourth-order valence-electron chi connectivity index (χ4n) is 4.26. The van der Waals surface area contributed by atoms with Gasteiger partial charge in [0.1, 0.15) is 18.1 Å². The van der Waals surface area contributed by atoms with E-state index in [9.17, 15) is 34.2 Å². The maximum absolute atomic E-state index is 13.1. The van der Waals surface area contributed by atoms with Gasteiger partial charge in [0.15, 0.2) is 0 Å². The summed E-state index contributed by atoms with van der Waals surface area (Å²) in [7, 11) is 0. The van der Waals surface area contributed by atoms with Crippen LogP contribution in [0.5, 0.6) is 0 Å². The van der Waals surface area contributed by atoms with Gasteiger partial charge in [0, 0.05) is 17.1 Å². The number of benzene rings is 1. The van der Waals surface area contributed by atoms with Crippen LogP contribution >= 0.6 is 0 Å². The van der Waals surface area contributed by atoms with Gasteiger partial charge in [-0.2, -0.15) is 0 Å². The predicted molar refractivity (Wildman–Crippen MR) is 148 cm³/mol. The van der Waals surface area contributed by atoms with Crippen LogP contribution in [-0.4, -0.2) is 75.6 Å². The van der Waals surface area contributed by atoms with Crippen LogP contribution in [0.15, 0.2) is 30.5 Å². The number of carbonyl (C=O) groups excluding carboxylic acids is 3. The number of hydrogen-bond donors (Lipinski definition) is 8. The largest absolute Gasteiger partial charge is 0.481 e. The summed E-state index contributed by atoms with van der Waals surface area (Å²) < 4.78 is 0. The van der Waals surface area contributed by atoms with E-state index >= 15 is 0 Å². The number of nitrogens with two attached hydrogens (primary N) is 2. The zero-order chi connectivity index (χ0) is 29.8. The van der Waals surface area contributed by atoms with E-state index < -0.39 is 60.2 Å². The Labute approximate surface area is 232 Å². The molecule has 2 rings (SSSR count). The molecule has 0 aliphatic rings. The first-order valence-corrected chi connectivity index (χ1v) is 13.3. The summed E-state index contributed by atoms with van der Waals surface area (Å²) in [6, 6.07) is 2.51. The lowest BCUT2D eigenvalue weighted by Gasteiger charge is -2.26. The number of carboxylic acid groups (broad SMARTS) is 2. The molecule has 0 saturated heterocycles. The fourth-order valence-corrected chi connectivity index (χ4v) is 4.26. The minimum atomic E-state index is -1.52. The predicted octanol–water partition coefficient (Wildman–Crippen LogP) is 0.227. The van der Waals surface area contributed by atoms with E-state index in [0.717, 1.165) is 16.5 Å². The highest BCUT2D eigenvalue weighted by atomic mass is 16.4. The van der Waals surface area contributed by atoms with Crippen LogP contribution in [0, 0.1) is 5.92 Å². The topological polar surface area (TPSA) is 230 Å². The Morgan fingerprint density at radius 1 is 0.950 bits per heavy atom. The molecule has 5 unspecified atom stereocenters. The lowest BCUT2D eigenvalue weighted by molar-refractivity contribution is -0.144. The average molecular weight is 561 g/mol. The van der Waals surface area contributed by atoms with Crippen molar-refractivity contribution >= 4 is 40.6 Å². The third-order valence-electron chi connectivity index (χ3n) is 6.82. The number of unbranched alkanes of at least 4 members (excludes halogenated alkanes) is 1. The van der Waals surface area contributed by atoms with E-state index in [4.69, 9.17) is 11.5 Å². The minimum absolute atomic E-state index is 0.133. The third kappa shape index (κ3) is 9.35. The van der Waals surface area contributed by atoms with Crippen LogP contribution in [0.1, 0.15) is 51.5 Å². The molecule has 2 aromatic rings. The van der Waals surface area contributed by atoms with Gasteiger partial charge in [-0.25, -0.2) is 4.79 Å². The molecule has 220 valence electrons. The van der Waals surface area contributed by atoms with Crippen LogP contribution in [-0.2, 0) is 30.4 Å². The number of aromatic nitrogens is 1. The van der Waals surface area contributed by atoms with Crippen LogP contribution in [0.3, 0.4) is 0 Å². The summed E-state index contributed by atoms with van der Waals surface area (Å²) in [5.41, 5.74) is 13.3. The van der Waals surface area contributed by atoms with Crippen molar-refractivity contribution in [3.05, 3.63) is 36.0 Å². The number of carbonyl (C=O) groups is 5. The molecule has 0 aliphatic heterocycles. The standard InChI is InChI=1S/C27H40N6O7/c1-3-15(2)23(27(39)40)33-25(37)20(10-6-7-11-28)31-26(38)21(13-22(34)35)32-24(36)18(29)12-16-14-30-19-9-5-4-8-17(16)19/h4-5,8-9,14-15,18,20-21,23,30H,3,6-7,10-13,28-29H2,1-2H3,(H,31,38)(H,32,36)(H,33,37)(H,34,35)(H,39,40). The van der Waals surface area contributed by atoms with Crippen molar-refractivity contribution in [2.24, 2.45) is 17.4 Å². The van der Waals surface area contributed by atoms with Crippen molar-refractivity contribution < 1.29 is 34.2 Å². The van der Waals surface area contributed by atoms with Crippen LogP contribution in [0.4, 0.5) is 0 Å². The number of aromatic amines is 1. The average Bonchev–Trinajstić information content (AvgIpc) is 3.32. The van der Waals surface area contributed by atoms with Crippen LogP contribution in [0.2, 0.25) is 0 Å². The number of para-hydroxylation sites is 1. The van der Waals surface area contributed by atoms with E-state index in [0.29, 0.717) is 25.8 Å². The first-order valence-electron chi connectivity index (χ1n) is 13.3. The molecule has 40 heavy (non-hydrogen) atoms. The molecule has 10 N–H and O–H groups in total. The highest BCUT2D eigenvalue weighted by molar-refractivity contribution is 5.96. The molecular weight excluding hydrogens is 520 g/mol. The van der Waals surface area contributed by atoms with Gasteiger partial charge < -0.3 is 42.6 Å². The normalized spacial score (nSPS) is 14.9. The molecular formula is C27H40N6O7. The molecule has 5 atom stereocenters. The summed E-state index contributed by atoms with van der Waals surface area (Å²) in [6.45, 7) is 3.81. The third-order valence-corrected chi connectivity index (χ3v) is 6.82. The molecule has 3 amide bonds. The first kappa shape index (κ1) is 32.2. The minimum Gasteiger partial charge on any atom is -0.481 e. The molecule has 0 radical (unpaired) electrons. The highest BCUT2D eigenvalue weighted by Gasteiger charge is 2.32. The Morgan fingerprint density at radius 3 is 2.23 bits per heavy atom. The van der Waals surface area contributed by atoms with Gasteiger partial charge in [-0.1, -0.05) is 38.5 Å². The molecule has 0 saturated carbocycles. The maximum Gasteiger partial charge on any atom is 0.326 e. The second-order valence-electron chi connectivity index (χ2n) is 9.88. The molecule has 0 aliphatic carbocycles. The molecule has 13 heteroatoms. The molecule has 0 fully saturated rings. The summed E-state index contributed by atoms with van der Waals surface area (Å²) in [4.78, 5) is 65.3. The molecule has 0 spiro atoms. The zero-order valence-electron chi connectivity index (χ0n) is 22.8. The Hall–Kier alpha value is -3.97. The second-order valence-corrected chi connectivity index (χ2v) is 9.88. The summed E-state index contributed by atoms with van der Waals surface area (Å²) in [6.07, 6.45) is 2.73. The van der Waals surface area contributed by atoms with Gasteiger partial charge in [0.2, 0.25) is 17.7 Å². The fraction of sp³-hybridized carbons (Fsp3) is 0.519. The number of fused-ring (bicyclic) bond motifs is 1. The Morgan fingerprint density at radius 2 is 1.60 bits per heavy atom. The molecule has 1 aromatic carbocycles. The number of rotatable bonds is 17. The van der Waals surface area contributed by atoms with Crippen molar-refractivity contribution in [2.75, 3.05) is 6.54 Å². The molecule has 1 aromatic heterocycles. The number of aliphatic carboxylic acids is 2. The summed E-state index contributed by atoms with van der Waals surface area (Å²) >= 11 is 0. The molecule has 0 bridgehead atoms. The van der Waals surface area contributed by atoms with Gasteiger partial charge in [0.05, 0.1) is 12.5 Å². The number of H-pyrrole nitrogens is 1. The van der Waals surface area contributed by atoms with E-state index in [1.54, 1.807) is 20.0 Å². The van der Waals surface area contributed by atoms with Gasteiger partial charge in [-0.15, -0.1) is 0 Å². The number of amides is 3. The van der Waals surface area contributed by atoms with Crippen LogP contribution in [0.25, 0.3) is 10.9 Å². The Bertz CT molecular complexity index is 1180. The van der Waals surface area contributed by atoms with E-state index in [-0.39, 0.29) is 18.8 Å². The quantitative estimate of drug-likeness (QED) is 0.124. The van der Waals surface area contributed by atoms with E-state index in [2.05, 4.69) is 20.9 Å². The second kappa shape index (κ2) is 15.6. The maximum atomic E-state index is 13.1. The van der Waals surface area contributed by atoms with E-state index in [1.807, 2.05) is 24.3 Å². The number of hydrogen-bond acceptors (Lipinski definition) is 7. The van der Waals surface area contributed by atoms with Crippen LogP contribution < -0.4 is 27.4 Å². The highest BCUT2D eigenvalue weighted by Crippen LogP contribution is 2.19. The van der Waals surface area contributed by atoms with Crippen molar-refractivity contribution in [1.82, 2.24) is 20.9 Å². The lowest BCUT2D eigenvalue weighted by Crippen LogP contribution is -2.58. The van der Waals surface area contributed by atoms with Crippen molar-refractivity contribution in [3.63, 3.8) is 0 Å². The monoisotopic (exact) mass is 560 g/mol. The molecule has 1 heterocycles. The van der Waals surface area contributed by atoms with Gasteiger partial charge in [-0.05, 0) is 49.8 Å². The van der Waals surface area contributed by atoms with Crippen molar-refractivity contribution in [3.8, 4) is 0 Å². The Balaban J connectivity index is 2.15. The summed E-state index contributed by atoms with van der Waals surface area (Å²) in [5, 5.41) is 27.1. The summed E-state index contributed by atoms with van der Waals surface area (Å²) in [5.74, 6) is -5.31. The smallest absolute Gasteiger partial charge is 0.326 e. The zero-order valence-corrected chi connectivity index (χ0v) is 22.8. The van der Waals surface area contributed by atoms with Crippen molar-refractivity contribution in [2.45, 2.75) is 76.5 Å². The number of nitrogens with one attached hydrogen (secondary N) is 4. The number of carboxylic acids is 2. The first-order chi connectivity index (χ1) is 19.0. The Kier molecular flexibility index (Phi) is 12.6. The lowest BCUT2D eigenvalue weighted by atomic mass is 9.98. The molecule has 13 nitrogen and oxygen atoms in total. The van der Waals surface area contributed by atoms with Crippen molar-refractivity contribution in [1.29, 1.82) is 0 Å². The SMILES string of the molecule is CCC(C)C(NC(=O)C(CCCCN)NC(=O)C(CC(=O)O)NC(=O)C(N)Cc1c[nH]c2ccccc12)C(=O)O. The van der Waals surface area contributed by atoms with Gasteiger partial charge >= 0.3 is 11.9 Å². The van der Waals surface area contributed by atoms with Gasteiger partial charge in [-0.3, -0.25) is 19.2 Å².